The molecular weight excluding hydrogens is 370 g/mol. The average molecular weight is 386 g/mol. The van der Waals surface area contributed by atoms with Crippen LogP contribution in [0.3, 0.4) is 0 Å². The first-order chi connectivity index (χ1) is 10.1. The number of fused-ring (bicyclic) bond motifs is 1. The van der Waals surface area contributed by atoms with Crippen molar-refractivity contribution in [2.45, 2.75) is 23.8 Å². The van der Waals surface area contributed by atoms with E-state index in [1.54, 1.807) is 23.5 Å². The number of rotatable bonds is 4. The van der Waals surface area contributed by atoms with Crippen LogP contribution in [0.2, 0.25) is 0 Å². The minimum Gasteiger partial charge on any atom is -0.310 e. The summed E-state index contributed by atoms with van der Waals surface area (Å²) in [6.45, 7) is 0.853. The smallest absolute Gasteiger partial charge is 0.178 e. The minimum atomic E-state index is -3.09. The van der Waals surface area contributed by atoms with Gasteiger partial charge in [0.1, 0.15) is 0 Å². The summed E-state index contributed by atoms with van der Waals surface area (Å²) in [5, 5.41) is 3.50. The summed E-state index contributed by atoms with van der Waals surface area (Å²) in [7, 11) is -3.09. The standard InChI is InChI=1S/C15H16BrNO2S2/c16-15-6-5-11(20-15)7-9-17-13-8-10-21(18,19)14-4-2-1-3-12(13)14/h1-6,13,17H,7-10H2. The molecule has 1 unspecified atom stereocenters. The van der Waals surface area contributed by atoms with E-state index in [0.29, 0.717) is 11.3 Å². The van der Waals surface area contributed by atoms with Crippen molar-refractivity contribution in [3.63, 3.8) is 0 Å². The Morgan fingerprint density at radius 2 is 2.05 bits per heavy atom. The topological polar surface area (TPSA) is 46.2 Å². The Labute approximate surface area is 137 Å². The first-order valence-corrected chi connectivity index (χ1v) is 10.1. The summed E-state index contributed by atoms with van der Waals surface area (Å²) in [6, 6.07) is 11.7. The molecule has 3 rings (SSSR count). The first-order valence-electron chi connectivity index (χ1n) is 6.85. The molecule has 1 aliphatic rings. The van der Waals surface area contributed by atoms with Crippen LogP contribution in [0.1, 0.15) is 22.9 Å². The fraction of sp³-hybridized carbons (Fsp3) is 0.333. The molecule has 0 saturated heterocycles. The van der Waals surface area contributed by atoms with Crippen LogP contribution in [0.15, 0.2) is 45.1 Å². The van der Waals surface area contributed by atoms with Gasteiger partial charge in [-0.25, -0.2) is 8.42 Å². The van der Waals surface area contributed by atoms with Crippen molar-refractivity contribution in [3.05, 3.63) is 50.6 Å². The lowest BCUT2D eigenvalue weighted by atomic mass is 10.0. The van der Waals surface area contributed by atoms with Crippen LogP contribution in [-0.4, -0.2) is 20.7 Å². The third-order valence-electron chi connectivity index (χ3n) is 3.70. The van der Waals surface area contributed by atoms with Gasteiger partial charge in [-0.2, -0.15) is 0 Å². The molecule has 0 spiro atoms. The maximum absolute atomic E-state index is 12.1. The zero-order valence-electron chi connectivity index (χ0n) is 11.4. The van der Waals surface area contributed by atoms with Crippen molar-refractivity contribution in [3.8, 4) is 0 Å². The van der Waals surface area contributed by atoms with Gasteiger partial charge in [-0.05, 0) is 52.5 Å². The molecule has 1 aromatic carbocycles. The van der Waals surface area contributed by atoms with Crippen LogP contribution in [0.4, 0.5) is 0 Å². The van der Waals surface area contributed by atoms with Gasteiger partial charge in [0, 0.05) is 17.5 Å². The van der Waals surface area contributed by atoms with Gasteiger partial charge in [-0.1, -0.05) is 18.2 Å². The van der Waals surface area contributed by atoms with E-state index in [4.69, 9.17) is 0 Å². The second kappa shape index (κ2) is 6.20. The minimum absolute atomic E-state index is 0.133. The quantitative estimate of drug-likeness (QED) is 0.874. The number of nitrogens with one attached hydrogen (secondary N) is 1. The third-order valence-corrected chi connectivity index (χ3v) is 7.19. The van der Waals surface area contributed by atoms with Gasteiger partial charge in [0.15, 0.2) is 9.84 Å². The number of sulfone groups is 1. The van der Waals surface area contributed by atoms with Crippen LogP contribution in [-0.2, 0) is 16.3 Å². The van der Waals surface area contributed by atoms with Crippen LogP contribution < -0.4 is 5.32 Å². The number of hydrogen-bond donors (Lipinski definition) is 1. The van der Waals surface area contributed by atoms with Crippen LogP contribution >= 0.6 is 27.3 Å². The molecule has 0 aliphatic carbocycles. The molecule has 1 N–H and O–H groups in total. The molecule has 1 aromatic heterocycles. The highest BCUT2D eigenvalue weighted by atomic mass is 79.9. The predicted octanol–water partition coefficient (Wildman–Crippen LogP) is 3.56. The zero-order chi connectivity index (χ0) is 14.9. The summed E-state index contributed by atoms with van der Waals surface area (Å²) >= 11 is 5.21. The molecule has 0 bridgehead atoms. The molecule has 0 saturated carbocycles. The highest BCUT2D eigenvalue weighted by Crippen LogP contribution is 2.31. The summed E-state index contributed by atoms with van der Waals surface area (Å²) in [5.74, 6) is 0.228. The van der Waals surface area contributed by atoms with E-state index in [-0.39, 0.29) is 11.8 Å². The highest BCUT2D eigenvalue weighted by Gasteiger charge is 2.29. The predicted molar refractivity (Wildman–Crippen MR) is 89.6 cm³/mol. The average Bonchev–Trinajstić information content (AvgIpc) is 2.87. The molecule has 112 valence electrons. The molecule has 21 heavy (non-hydrogen) atoms. The van der Waals surface area contributed by atoms with E-state index in [9.17, 15) is 8.42 Å². The summed E-state index contributed by atoms with van der Waals surface area (Å²) in [4.78, 5) is 1.82. The summed E-state index contributed by atoms with van der Waals surface area (Å²) in [5.41, 5.74) is 0.913. The maximum atomic E-state index is 12.1. The second-order valence-corrected chi connectivity index (χ2v) is 9.73. The zero-order valence-corrected chi connectivity index (χ0v) is 14.6. The molecule has 1 atom stereocenters. The van der Waals surface area contributed by atoms with Gasteiger partial charge < -0.3 is 5.32 Å². The van der Waals surface area contributed by atoms with Crippen LogP contribution in [0.25, 0.3) is 0 Å². The van der Waals surface area contributed by atoms with Crippen LogP contribution in [0.5, 0.6) is 0 Å². The molecular formula is C15H16BrNO2S2. The van der Waals surface area contributed by atoms with Crippen molar-refractivity contribution in [1.82, 2.24) is 5.32 Å². The molecule has 3 nitrogen and oxygen atoms in total. The van der Waals surface area contributed by atoms with Gasteiger partial charge in [0.25, 0.3) is 0 Å². The van der Waals surface area contributed by atoms with Gasteiger partial charge in [0.05, 0.1) is 14.4 Å². The van der Waals surface area contributed by atoms with Gasteiger partial charge in [-0.3, -0.25) is 0 Å². The van der Waals surface area contributed by atoms with Crippen molar-refractivity contribution < 1.29 is 8.42 Å². The van der Waals surface area contributed by atoms with Crippen LogP contribution in [0, 0.1) is 0 Å². The number of halogens is 1. The number of thiophene rings is 1. The highest BCUT2D eigenvalue weighted by molar-refractivity contribution is 9.11. The van der Waals surface area contributed by atoms with Gasteiger partial charge in [0.2, 0.25) is 0 Å². The van der Waals surface area contributed by atoms with E-state index in [1.165, 1.54) is 4.88 Å². The molecule has 0 radical (unpaired) electrons. The Bertz CT molecular complexity index is 740. The fourth-order valence-electron chi connectivity index (χ4n) is 2.66. The SMILES string of the molecule is O=S1(=O)CCC(NCCc2ccc(Br)s2)c2ccccc21. The maximum Gasteiger partial charge on any atom is 0.178 e. The normalized spacial score (nSPS) is 20.1. The van der Waals surface area contributed by atoms with E-state index in [1.807, 2.05) is 12.1 Å². The van der Waals surface area contributed by atoms with E-state index in [0.717, 1.165) is 22.3 Å². The fourth-order valence-corrected chi connectivity index (χ4v) is 5.76. The lowest BCUT2D eigenvalue weighted by Crippen LogP contribution is -2.30. The first kappa shape index (κ1) is 15.2. The number of hydrogen-bond acceptors (Lipinski definition) is 4. The molecule has 0 amide bonds. The molecule has 2 aromatic rings. The summed E-state index contributed by atoms with van der Waals surface area (Å²) in [6.07, 6.45) is 1.61. The third kappa shape index (κ3) is 3.39. The lowest BCUT2D eigenvalue weighted by molar-refractivity contribution is 0.495. The Morgan fingerprint density at radius 3 is 2.81 bits per heavy atom. The molecule has 2 heterocycles. The van der Waals surface area contributed by atoms with E-state index < -0.39 is 9.84 Å². The Morgan fingerprint density at radius 1 is 1.24 bits per heavy atom. The van der Waals surface area contributed by atoms with Crippen molar-refractivity contribution in [1.29, 1.82) is 0 Å². The van der Waals surface area contributed by atoms with E-state index >= 15 is 0 Å². The Hall–Kier alpha value is -0.690. The number of benzene rings is 1. The van der Waals surface area contributed by atoms with Gasteiger partial charge in [-0.15, -0.1) is 11.3 Å². The Kier molecular flexibility index (Phi) is 4.49. The largest absolute Gasteiger partial charge is 0.310 e. The van der Waals surface area contributed by atoms with Crippen molar-refractivity contribution in [2.24, 2.45) is 0 Å². The molecule has 0 fully saturated rings. The second-order valence-electron chi connectivity index (χ2n) is 5.11. The van der Waals surface area contributed by atoms with Crippen molar-refractivity contribution in [2.75, 3.05) is 12.3 Å². The van der Waals surface area contributed by atoms with Gasteiger partial charge >= 0.3 is 0 Å². The summed E-state index contributed by atoms with van der Waals surface area (Å²) < 4.78 is 25.3. The van der Waals surface area contributed by atoms with E-state index in [2.05, 4.69) is 33.4 Å². The molecule has 6 heteroatoms. The molecule has 1 aliphatic heterocycles. The monoisotopic (exact) mass is 385 g/mol. The Balaban J connectivity index is 1.69. The lowest BCUT2D eigenvalue weighted by Gasteiger charge is -2.26. The van der Waals surface area contributed by atoms with Crippen molar-refractivity contribution >= 4 is 37.1 Å².